The molecule has 1 saturated carbocycles. The van der Waals surface area contributed by atoms with Crippen molar-refractivity contribution in [2.75, 3.05) is 0 Å². The van der Waals surface area contributed by atoms with Crippen LogP contribution >= 0.6 is 11.6 Å². The molecule has 0 radical (unpaired) electrons. The van der Waals surface area contributed by atoms with Crippen molar-refractivity contribution < 1.29 is 4.39 Å². The molecule has 1 aliphatic carbocycles. The molecule has 110 valence electrons. The molecule has 2 aromatic rings. The van der Waals surface area contributed by atoms with Gasteiger partial charge in [0.2, 0.25) is 0 Å². The lowest BCUT2D eigenvalue weighted by Gasteiger charge is -2.16. The van der Waals surface area contributed by atoms with Gasteiger partial charge in [0, 0.05) is 17.6 Å². The Kier molecular flexibility index (Phi) is 4.01. The molecule has 21 heavy (non-hydrogen) atoms. The second-order valence-electron chi connectivity index (χ2n) is 5.87. The summed E-state index contributed by atoms with van der Waals surface area (Å²) in [6.45, 7) is 4.72. The molecule has 0 aromatic heterocycles. The lowest BCUT2D eigenvalue weighted by atomic mass is 9.92. The normalized spacial score (nSPS) is 14.5. The van der Waals surface area contributed by atoms with E-state index in [1.54, 1.807) is 12.1 Å². The highest BCUT2D eigenvalue weighted by Crippen LogP contribution is 2.33. The molecule has 0 atom stereocenters. The maximum absolute atomic E-state index is 13.5. The third-order valence-corrected chi connectivity index (χ3v) is 4.23. The molecule has 1 N–H and O–H groups in total. The van der Waals surface area contributed by atoms with Crippen LogP contribution in [0.15, 0.2) is 30.3 Å². The largest absolute Gasteiger partial charge is 0.310 e. The minimum atomic E-state index is -0.180. The quantitative estimate of drug-likeness (QED) is 0.836. The minimum absolute atomic E-state index is 0.180. The smallest absolute Gasteiger partial charge is 0.123 e. The molecule has 2 aromatic carbocycles. The number of rotatable bonds is 4. The number of benzene rings is 2. The van der Waals surface area contributed by atoms with Gasteiger partial charge in [-0.15, -0.1) is 0 Å². The molecule has 0 amide bonds. The van der Waals surface area contributed by atoms with Crippen molar-refractivity contribution in [2.45, 2.75) is 39.3 Å². The van der Waals surface area contributed by atoms with E-state index in [1.807, 2.05) is 32.0 Å². The summed E-state index contributed by atoms with van der Waals surface area (Å²) in [7, 11) is 0. The van der Waals surface area contributed by atoms with E-state index in [-0.39, 0.29) is 5.82 Å². The monoisotopic (exact) mass is 303 g/mol. The molecular weight excluding hydrogens is 285 g/mol. The highest BCUT2D eigenvalue weighted by atomic mass is 35.5. The number of halogens is 2. The zero-order valence-electron chi connectivity index (χ0n) is 12.3. The van der Waals surface area contributed by atoms with Crippen molar-refractivity contribution >= 4 is 11.6 Å². The Hall–Kier alpha value is -1.38. The third kappa shape index (κ3) is 3.28. The number of aryl methyl sites for hydroxylation is 2. The Morgan fingerprint density at radius 1 is 1.14 bits per heavy atom. The number of hydrogen-bond acceptors (Lipinski definition) is 1. The van der Waals surface area contributed by atoms with Crippen LogP contribution in [0.2, 0.25) is 5.02 Å². The van der Waals surface area contributed by atoms with Gasteiger partial charge in [-0.25, -0.2) is 4.39 Å². The van der Waals surface area contributed by atoms with Crippen molar-refractivity contribution in [3.05, 3.63) is 57.9 Å². The molecule has 1 aliphatic rings. The van der Waals surface area contributed by atoms with Crippen LogP contribution in [-0.2, 0) is 6.54 Å². The van der Waals surface area contributed by atoms with E-state index in [2.05, 4.69) is 5.32 Å². The van der Waals surface area contributed by atoms with Crippen LogP contribution in [0.1, 0.15) is 29.5 Å². The van der Waals surface area contributed by atoms with Gasteiger partial charge in [0.15, 0.2) is 0 Å². The fourth-order valence-electron chi connectivity index (χ4n) is 2.83. The van der Waals surface area contributed by atoms with E-state index in [4.69, 9.17) is 11.6 Å². The van der Waals surface area contributed by atoms with Crippen LogP contribution in [-0.4, -0.2) is 6.04 Å². The maximum atomic E-state index is 13.5. The lowest BCUT2D eigenvalue weighted by Crippen LogP contribution is -2.16. The summed E-state index contributed by atoms with van der Waals surface area (Å²) in [5, 5.41) is 4.27. The zero-order valence-corrected chi connectivity index (χ0v) is 13.1. The van der Waals surface area contributed by atoms with Gasteiger partial charge in [0.25, 0.3) is 0 Å². The van der Waals surface area contributed by atoms with E-state index in [1.165, 1.54) is 18.4 Å². The summed E-state index contributed by atoms with van der Waals surface area (Å²) in [4.78, 5) is 0. The fourth-order valence-corrected chi connectivity index (χ4v) is 3.02. The predicted molar refractivity (Wildman–Crippen MR) is 86.2 cm³/mol. The van der Waals surface area contributed by atoms with Crippen molar-refractivity contribution in [3.63, 3.8) is 0 Å². The van der Waals surface area contributed by atoms with Crippen molar-refractivity contribution in [1.29, 1.82) is 0 Å². The van der Waals surface area contributed by atoms with Gasteiger partial charge in [-0.2, -0.15) is 0 Å². The first-order valence-corrected chi connectivity index (χ1v) is 7.71. The Labute approximate surface area is 130 Å². The average molecular weight is 304 g/mol. The van der Waals surface area contributed by atoms with Crippen LogP contribution in [0.4, 0.5) is 4.39 Å². The molecule has 0 heterocycles. The first kappa shape index (κ1) is 14.6. The van der Waals surface area contributed by atoms with Crippen LogP contribution in [0.3, 0.4) is 0 Å². The highest BCUT2D eigenvalue weighted by Gasteiger charge is 2.21. The first-order valence-electron chi connectivity index (χ1n) is 7.33. The summed E-state index contributed by atoms with van der Waals surface area (Å²) in [6.07, 6.45) is 2.51. The van der Waals surface area contributed by atoms with Gasteiger partial charge in [-0.05, 0) is 78.8 Å². The van der Waals surface area contributed by atoms with E-state index in [9.17, 15) is 4.39 Å². The summed E-state index contributed by atoms with van der Waals surface area (Å²) in [5.74, 6) is -0.180. The summed E-state index contributed by atoms with van der Waals surface area (Å²) < 4.78 is 13.5. The summed E-state index contributed by atoms with van der Waals surface area (Å²) in [5.41, 5.74) is 5.35. The maximum Gasteiger partial charge on any atom is 0.123 e. The SMILES string of the molecule is Cc1cc(F)cc(C)c1-c1ccc(Cl)cc1CNC1CC1. The fraction of sp³-hybridized carbons (Fsp3) is 0.333. The van der Waals surface area contributed by atoms with Crippen LogP contribution in [0, 0.1) is 19.7 Å². The van der Waals surface area contributed by atoms with Gasteiger partial charge >= 0.3 is 0 Å². The number of hydrogen-bond donors (Lipinski definition) is 1. The van der Waals surface area contributed by atoms with Crippen molar-refractivity contribution in [3.8, 4) is 11.1 Å². The molecular formula is C18H19ClFN. The Morgan fingerprint density at radius 3 is 2.43 bits per heavy atom. The Bertz CT molecular complexity index is 654. The minimum Gasteiger partial charge on any atom is -0.310 e. The Balaban J connectivity index is 2.04. The highest BCUT2D eigenvalue weighted by molar-refractivity contribution is 6.30. The zero-order chi connectivity index (χ0) is 15.0. The van der Waals surface area contributed by atoms with Gasteiger partial charge < -0.3 is 5.32 Å². The summed E-state index contributed by atoms with van der Waals surface area (Å²) in [6, 6.07) is 9.78. The van der Waals surface area contributed by atoms with Crippen molar-refractivity contribution in [2.24, 2.45) is 0 Å². The molecule has 0 spiro atoms. The van der Waals surface area contributed by atoms with E-state index in [0.29, 0.717) is 6.04 Å². The standard InChI is InChI=1S/C18H19ClFN/c1-11-7-15(20)8-12(2)18(11)17-6-3-14(19)9-13(17)10-21-16-4-5-16/h3,6-9,16,21H,4-5,10H2,1-2H3. The van der Waals surface area contributed by atoms with E-state index in [0.717, 1.165) is 33.8 Å². The summed E-state index contributed by atoms with van der Waals surface area (Å²) >= 11 is 6.15. The number of nitrogens with one attached hydrogen (secondary N) is 1. The van der Waals surface area contributed by atoms with Gasteiger partial charge in [-0.3, -0.25) is 0 Å². The van der Waals surface area contributed by atoms with Crippen LogP contribution in [0.25, 0.3) is 11.1 Å². The first-order chi connectivity index (χ1) is 10.0. The van der Waals surface area contributed by atoms with Crippen molar-refractivity contribution in [1.82, 2.24) is 5.32 Å². The van der Waals surface area contributed by atoms with E-state index < -0.39 is 0 Å². The molecule has 3 rings (SSSR count). The van der Waals surface area contributed by atoms with Crippen LogP contribution < -0.4 is 5.32 Å². The van der Waals surface area contributed by atoms with Gasteiger partial charge in [0.05, 0.1) is 0 Å². The molecule has 1 nitrogen and oxygen atoms in total. The molecule has 0 unspecified atom stereocenters. The average Bonchev–Trinajstić information content (AvgIpc) is 3.21. The molecule has 3 heteroatoms. The Morgan fingerprint density at radius 2 is 1.81 bits per heavy atom. The third-order valence-electron chi connectivity index (χ3n) is 3.99. The van der Waals surface area contributed by atoms with Crippen LogP contribution in [0.5, 0.6) is 0 Å². The topological polar surface area (TPSA) is 12.0 Å². The lowest BCUT2D eigenvalue weighted by molar-refractivity contribution is 0.625. The van der Waals surface area contributed by atoms with Gasteiger partial charge in [0.1, 0.15) is 5.82 Å². The molecule has 0 aliphatic heterocycles. The second-order valence-corrected chi connectivity index (χ2v) is 6.31. The molecule has 0 saturated heterocycles. The molecule has 0 bridgehead atoms. The van der Waals surface area contributed by atoms with E-state index >= 15 is 0 Å². The van der Waals surface area contributed by atoms with Gasteiger partial charge in [-0.1, -0.05) is 17.7 Å². The molecule has 1 fully saturated rings. The predicted octanol–water partition coefficient (Wildman–Crippen LogP) is 5.01. The second kappa shape index (κ2) is 5.78.